The van der Waals surface area contributed by atoms with Crippen molar-refractivity contribution in [1.82, 2.24) is 19.8 Å². The van der Waals surface area contributed by atoms with Gasteiger partial charge in [-0.1, -0.05) is 23.5 Å². The number of anilines is 1. The highest BCUT2D eigenvalue weighted by Gasteiger charge is 2.18. The molecule has 2 heterocycles. The average molecular weight is 411 g/mol. The Morgan fingerprint density at radius 2 is 1.72 bits per heavy atom. The number of nitrogens with zero attached hydrogens (tertiary/aromatic N) is 4. The summed E-state index contributed by atoms with van der Waals surface area (Å²) in [6.45, 7) is 0. The van der Waals surface area contributed by atoms with E-state index in [-0.39, 0.29) is 5.91 Å². The molecule has 4 rings (SSSR count). The van der Waals surface area contributed by atoms with Crippen molar-refractivity contribution >= 4 is 27.3 Å². The Bertz CT molecular complexity index is 1160. The van der Waals surface area contributed by atoms with Gasteiger partial charge in [-0.15, -0.1) is 15.3 Å². The van der Waals surface area contributed by atoms with Gasteiger partial charge in [0.25, 0.3) is 5.91 Å². The van der Waals surface area contributed by atoms with E-state index in [1.54, 1.807) is 29.8 Å². The number of para-hydroxylation sites is 1. The highest BCUT2D eigenvalue weighted by atomic mass is 32.1. The summed E-state index contributed by atoms with van der Waals surface area (Å²) in [5.74, 6) is 1.88. The van der Waals surface area contributed by atoms with Gasteiger partial charge in [-0.25, -0.2) is 0 Å². The van der Waals surface area contributed by atoms with E-state index in [2.05, 4.69) is 20.6 Å². The van der Waals surface area contributed by atoms with Crippen molar-refractivity contribution in [2.24, 2.45) is 0 Å². The lowest BCUT2D eigenvalue weighted by atomic mass is 10.2. The predicted molar refractivity (Wildman–Crippen MR) is 108 cm³/mol. The van der Waals surface area contributed by atoms with Crippen LogP contribution in [0.1, 0.15) is 10.4 Å². The lowest BCUT2D eigenvalue weighted by Gasteiger charge is -2.08. The second-order valence-electron chi connectivity index (χ2n) is 5.88. The number of fused-ring (bicyclic) bond motifs is 1. The molecule has 9 nitrogen and oxygen atoms in total. The van der Waals surface area contributed by atoms with Crippen molar-refractivity contribution in [3.05, 3.63) is 48.0 Å². The standard InChI is InChI=1S/C19H17N5O4S/c1-26-12-8-11(9-13(10-12)27-2)17(25)20-18-23-24-16(21-22-19(24)29-18)14-6-4-5-7-15(14)28-3/h4-10H,1-3H3,(H,20,23,25). The number of aromatic nitrogens is 4. The summed E-state index contributed by atoms with van der Waals surface area (Å²) in [6.07, 6.45) is 0. The van der Waals surface area contributed by atoms with Crippen molar-refractivity contribution in [2.75, 3.05) is 26.6 Å². The summed E-state index contributed by atoms with van der Waals surface area (Å²) >= 11 is 1.21. The normalized spacial score (nSPS) is 10.7. The molecule has 0 spiro atoms. The number of carbonyl (C=O) groups is 1. The molecular weight excluding hydrogens is 394 g/mol. The zero-order chi connectivity index (χ0) is 20.4. The molecular formula is C19H17N5O4S. The molecule has 2 aromatic carbocycles. The van der Waals surface area contributed by atoms with Gasteiger partial charge < -0.3 is 14.2 Å². The SMILES string of the molecule is COc1cc(OC)cc(C(=O)Nc2nn3c(-c4ccccc4OC)nnc3s2)c1. The first-order valence-electron chi connectivity index (χ1n) is 8.53. The maximum absolute atomic E-state index is 12.7. The molecule has 10 heteroatoms. The van der Waals surface area contributed by atoms with Gasteiger partial charge in [0, 0.05) is 11.6 Å². The van der Waals surface area contributed by atoms with Crippen LogP contribution in [-0.4, -0.2) is 47.0 Å². The Morgan fingerprint density at radius 1 is 1.00 bits per heavy atom. The van der Waals surface area contributed by atoms with E-state index in [9.17, 15) is 4.79 Å². The van der Waals surface area contributed by atoms with Crippen molar-refractivity contribution in [2.45, 2.75) is 0 Å². The number of benzene rings is 2. The van der Waals surface area contributed by atoms with E-state index in [1.807, 2.05) is 24.3 Å². The van der Waals surface area contributed by atoms with Crippen molar-refractivity contribution < 1.29 is 19.0 Å². The maximum Gasteiger partial charge on any atom is 0.257 e. The summed E-state index contributed by atoms with van der Waals surface area (Å²) < 4.78 is 17.4. The van der Waals surface area contributed by atoms with Crippen LogP contribution in [0.2, 0.25) is 0 Å². The summed E-state index contributed by atoms with van der Waals surface area (Å²) in [5.41, 5.74) is 1.14. The van der Waals surface area contributed by atoms with E-state index >= 15 is 0 Å². The van der Waals surface area contributed by atoms with E-state index in [0.29, 0.717) is 38.7 Å². The summed E-state index contributed by atoms with van der Waals surface area (Å²) in [7, 11) is 4.64. The number of ether oxygens (including phenoxy) is 3. The minimum atomic E-state index is -0.342. The number of hydrogen-bond acceptors (Lipinski definition) is 8. The van der Waals surface area contributed by atoms with Crippen LogP contribution in [-0.2, 0) is 0 Å². The van der Waals surface area contributed by atoms with E-state index in [1.165, 1.54) is 25.6 Å². The first-order valence-corrected chi connectivity index (χ1v) is 9.34. The molecule has 0 bridgehead atoms. The van der Waals surface area contributed by atoms with Gasteiger partial charge in [-0.05, 0) is 24.3 Å². The van der Waals surface area contributed by atoms with Crippen molar-refractivity contribution in [1.29, 1.82) is 0 Å². The Balaban J connectivity index is 1.65. The van der Waals surface area contributed by atoms with Crippen molar-refractivity contribution in [3.63, 3.8) is 0 Å². The van der Waals surface area contributed by atoms with E-state index in [0.717, 1.165) is 5.56 Å². The molecule has 0 aliphatic heterocycles. The van der Waals surface area contributed by atoms with Crippen LogP contribution in [0.25, 0.3) is 16.3 Å². The molecule has 1 N–H and O–H groups in total. The highest BCUT2D eigenvalue weighted by Crippen LogP contribution is 2.30. The zero-order valence-electron chi connectivity index (χ0n) is 15.9. The molecule has 0 radical (unpaired) electrons. The van der Waals surface area contributed by atoms with Gasteiger partial charge in [-0.2, -0.15) is 4.52 Å². The fourth-order valence-electron chi connectivity index (χ4n) is 2.77. The first-order chi connectivity index (χ1) is 14.1. The van der Waals surface area contributed by atoms with Crippen LogP contribution >= 0.6 is 11.3 Å². The van der Waals surface area contributed by atoms with Gasteiger partial charge in [0.15, 0.2) is 5.82 Å². The van der Waals surface area contributed by atoms with Crippen LogP contribution in [0.4, 0.5) is 5.13 Å². The van der Waals surface area contributed by atoms with E-state index < -0.39 is 0 Å². The fraction of sp³-hybridized carbons (Fsp3) is 0.158. The molecule has 0 saturated heterocycles. The molecule has 0 unspecified atom stereocenters. The first kappa shape index (κ1) is 18.7. The number of methoxy groups -OCH3 is 3. The van der Waals surface area contributed by atoms with Gasteiger partial charge in [0.2, 0.25) is 10.1 Å². The minimum Gasteiger partial charge on any atom is -0.497 e. The smallest absolute Gasteiger partial charge is 0.257 e. The minimum absolute atomic E-state index is 0.342. The number of hydrogen-bond donors (Lipinski definition) is 1. The Kier molecular flexibility index (Phi) is 5.00. The second kappa shape index (κ2) is 7.76. The Hall–Kier alpha value is -3.66. The lowest BCUT2D eigenvalue weighted by Crippen LogP contribution is -2.12. The third kappa shape index (κ3) is 3.57. The van der Waals surface area contributed by atoms with Crippen molar-refractivity contribution in [3.8, 4) is 28.6 Å². The largest absolute Gasteiger partial charge is 0.497 e. The van der Waals surface area contributed by atoms with Gasteiger partial charge in [0.1, 0.15) is 17.2 Å². The Morgan fingerprint density at radius 3 is 2.41 bits per heavy atom. The van der Waals surface area contributed by atoms with Crippen LogP contribution in [0.3, 0.4) is 0 Å². The molecule has 2 aromatic heterocycles. The second-order valence-corrected chi connectivity index (χ2v) is 6.84. The number of nitrogens with one attached hydrogen (secondary N) is 1. The van der Waals surface area contributed by atoms with Gasteiger partial charge in [-0.3, -0.25) is 10.1 Å². The van der Waals surface area contributed by atoms with Crippen LogP contribution in [0.5, 0.6) is 17.2 Å². The summed E-state index contributed by atoms with van der Waals surface area (Å²) in [6, 6.07) is 12.4. The zero-order valence-corrected chi connectivity index (χ0v) is 16.7. The van der Waals surface area contributed by atoms with Crippen LogP contribution < -0.4 is 19.5 Å². The van der Waals surface area contributed by atoms with Crippen LogP contribution in [0, 0.1) is 0 Å². The third-order valence-electron chi connectivity index (χ3n) is 4.17. The molecule has 0 atom stereocenters. The predicted octanol–water partition coefficient (Wildman–Crippen LogP) is 3.13. The molecule has 4 aromatic rings. The molecule has 0 saturated carbocycles. The molecule has 0 aliphatic carbocycles. The highest BCUT2D eigenvalue weighted by molar-refractivity contribution is 7.20. The van der Waals surface area contributed by atoms with E-state index in [4.69, 9.17) is 14.2 Å². The molecule has 0 aliphatic rings. The van der Waals surface area contributed by atoms with Gasteiger partial charge >= 0.3 is 0 Å². The van der Waals surface area contributed by atoms with Gasteiger partial charge in [0.05, 0.1) is 26.9 Å². The molecule has 1 amide bonds. The number of carbonyl (C=O) groups excluding carboxylic acids is 1. The Labute approximate surface area is 169 Å². The monoisotopic (exact) mass is 411 g/mol. The number of amides is 1. The molecule has 0 fully saturated rings. The lowest BCUT2D eigenvalue weighted by molar-refractivity contribution is 0.102. The third-order valence-corrected chi connectivity index (χ3v) is 4.99. The fourth-order valence-corrected chi connectivity index (χ4v) is 3.51. The molecule has 148 valence electrons. The molecule has 29 heavy (non-hydrogen) atoms. The summed E-state index contributed by atoms with van der Waals surface area (Å²) in [5, 5.41) is 15.9. The number of rotatable bonds is 6. The van der Waals surface area contributed by atoms with Crippen LogP contribution in [0.15, 0.2) is 42.5 Å². The average Bonchev–Trinajstić information content (AvgIpc) is 3.33. The quantitative estimate of drug-likeness (QED) is 0.520. The topological polar surface area (TPSA) is 99.9 Å². The maximum atomic E-state index is 12.7. The summed E-state index contributed by atoms with van der Waals surface area (Å²) in [4.78, 5) is 13.2.